The Balaban J connectivity index is 0.00000160. The van der Waals surface area contributed by atoms with Crippen LogP contribution in [0.5, 0.6) is 0 Å². The fraction of sp³-hybridized carbons (Fsp3) is 0.263. The number of amides is 2. The third-order valence-corrected chi connectivity index (χ3v) is 7.83. The number of anilines is 3. The summed E-state index contributed by atoms with van der Waals surface area (Å²) in [7, 11) is 0. The van der Waals surface area contributed by atoms with E-state index in [0.29, 0.717) is 35.8 Å². The number of carbonyl (C=O) groups excluding carboxylic acids is 2. The van der Waals surface area contributed by atoms with Gasteiger partial charge < -0.3 is 22.5 Å². The van der Waals surface area contributed by atoms with Gasteiger partial charge in [0.2, 0.25) is 6.41 Å². The van der Waals surface area contributed by atoms with E-state index in [1.165, 1.54) is 12.1 Å². The van der Waals surface area contributed by atoms with Gasteiger partial charge in [-0.05, 0) is 90.0 Å². The van der Waals surface area contributed by atoms with E-state index in [0.717, 1.165) is 28.6 Å². The average molecular weight is 692 g/mol. The van der Waals surface area contributed by atoms with Crippen LogP contribution in [-0.4, -0.2) is 41.1 Å². The molecule has 0 spiro atoms. The number of primary amides is 1. The van der Waals surface area contributed by atoms with Crippen molar-refractivity contribution >= 4 is 41.3 Å². The lowest BCUT2D eigenvalue weighted by molar-refractivity contribution is -0.284. The topological polar surface area (TPSA) is 157 Å². The van der Waals surface area contributed by atoms with Crippen molar-refractivity contribution in [2.45, 2.75) is 51.0 Å². The van der Waals surface area contributed by atoms with E-state index >= 15 is 0 Å². The Kier molecular flexibility index (Phi) is 20.4. The molecule has 9 nitrogen and oxygen atoms in total. The van der Waals surface area contributed by atoms with Crippen molar-refractivity contribution in [1.29, 1.82) is 0 Å². The number of rotatable bonds is 13. The Bertz CT molecular complexity index is 1530. The summed E-state index contributed by atoms with van der Waals surface area (Å²) in [5, 5.41) is 13.0. The lowest BCUT2D eigenvalue weighted by Crippen LogP contribution is -2.36. The molecule has 4 rings (SSSR count). The molecule has 0 bridgehead atoms. The standard InChI is InChI=1S/C33H37FN4O3S.C2H6.C2H4.CH3NO/c1-22(2)20-38(42-28-14-12-27(35)13-15-28)21-32(41-40)29(17-23-7-4-3-5-8-23)24-9-6-10-25(18-24)33(39)37-31-16-11-26(34)19-30(31)36;2*1-2;2-1-3/h3-16,18-19,22,29,32,40H,17,20-21,35-36H2,1-2H3,(H,37,39);1-2H3;1-2H2;1H,(H2,2,3). The van der Waals surface area contributed by atoms with Crippen molar-refractivity contribution in [1.82, 2.24) is 4.31 Å². The molecule has 0 saturated heterocycles. The maximum atomic E-state index is 13.5. The van der Waals surface area contributed by atoms with Crippen LogP contribution in [0.4, 0.5) is 21.5 Å². The highest BCUT2D eigenvalue weighted by molar-refractivity contribution is 7.97. The van der Waals surface area contributed by atoms with Gasteiger partial charge in [0.1, 0.15) is 11.9 Å². The highest BCUT2D eigenvalue weighted by Crippen LogP contribution is 2.32. The van der Waals surface area contributed by atoms with Crippen molar-refractivity contribution in [2.75, 3.05) is 29.9 Å². The lowest BCUT2D eigenvalue weighted by atomic mass is 9.86. The van der Waals surface area contributed by atoms with E-state index in [9.17, 15) is 14.4 Å². The lowest BCUT2D eigenvalue weighted by Gasteiger charge is -2.31. The molecule has 4 aromatic rings. The number of benzene rings is 4. The number of hydrogen-bond donors (Lipinski definition) is 5. The van der Waals surface area contributed by atoms with Crippen LogP contribution in [0.25, 0.3) is 0 Å². The van der Waals surface area contributed by atoms with Gasteiger partial charge in [-0.3, -0.25) is 14.8 Å². The number of nitrogen functional groups attached to an aromatic ring is 2. The van der Waals surface area contributed by atoms with E-state index < -0.39 is 11.9 Å². The third kappa shape index (κ3) is 15.0. The molecule has 0 aromatic heterocycles. The zero-order valence-electron chi connectivity index (χ0n) is 28.7. The summed E-state index contributed by atoms with van der Waals surface area (Å²) >= 11 is 1.58. The van der Waals surface area contributed by atoms with Crippen LogP contribution >= 0.6 is 11.9 Å². The summed E-state index contributed by atoms with van der Waals surface area (Å²) in [5.74, 6) is -0.783. The molecule has 0 aliphatic heterocycles. The van der Waals surface area contributed by atoms with Crippen molar-refractivity contribution in [3.63, 3.8) is 0 Å². The van der Waals surface area contributed by atoms with Crippen molar-refractivity contribution in [3.05, 3.63) is 133 Å². The summed E-state index contributed by atoms with van der Waals surface area (Å²) in [5.41, 5.74) is 19.4. The van der Waals surface area contributed by atoms with Crippen molar-refractivity contribution in [2.24, 2.45) is 11.7 Å². The summed E-state index contributed by atoms with van der Waals surface area (Å²) in [4.78, 5) is 28.0. The molecule has 0 aliphatic rings. The molecule has 0 fully saturated rings. The first kappa shape index (κ1) is 42.3. The van der Waals surface area contributed by atoms with Gasteiger partial charge in [0.05, 0.1) is 11.4 Å². The molecule has 2 unspecified atom stereocenters. The number of halogens is 1. The number of nitrogens with two attached hydrogens (primary N) is 3. The largest absolute Gasteiger partial charge is 0.399 e. The van der Waals surface area contributed by atoms with Gasteiger partial charge in [-0.25, -0.2) is 13.6 Å². The average Bonchev–Trinajstić information content (AvgIpc) is 3.11. The maximum absolute atomic E-state index is 13.5. The quantitative estimate of drug-likeness (QED) is 0.0236. The summed E-state index contributed by atoms with van der Waals surface area (Å²) in [6.45, 7) is 15.5. The van der Waals surface area contributed by atoms with E-state index in [1.807, 2.05) is 74.5 Å². The Morgan fingerprint density at radius 1 is 0.959 bits per heavy atom. The maximum Gasteiger partial charge on any atom is 0.255 e. The molecule has 8 N–H and O–H groups in total. The minimum atomic E-state index is -0.615. The smallest absolute Gasteiger partial charge is 0.255 e. The predicted octanol–water partition coefficient (Wildman–Crippen LogP) is 8.02. The van der Waals surface area contributed by atoms with Crippen LogP contribution in [0, 0.1) is 11.7 Å². The normalized spacial score (nSPS) is 11.4. The van der Waals surface area contributed by atoms with Crippen molar-refractivity contribution < 1.29 is 24.1 Å². The van der Waals surface area contributed by atoms with Crippen LogP contribution in [-0.2, 0) is 16.1 Å². The minimum Gasteiger partial charge on any atom is -0.399 e. The number of hydrogen-bond acceptors (Lipinski definition) is 8. The Morgan fingerprint density at radius 2 is 1.59 bits per heavy atom. The van der Waals surface area contributed by atoms with Crippen molar-refractivity contribution in [3.8, 4) is 0 Å². The van der Waals surface area contributed by atoms with Gasteiger partial charge in [0, 0.05) is 35.2 Å². The molecule has 0 heterocycles. The van der Waals surface area contributed by atoms with E-state index in [1.54, 1.807) is 30.1 Å². The molecule has 0 aliphatic carbocycles. The Hall–Kier alpha value is -4.68. The van der Waals surface area contributed by atoms with Crippen LogP contribution in [0.2, 0.25) is 0 Å². The van der Waals surface area contributed by atoms with Gasteiger partial charge >= 0.3 is 0 Å². The number of carbonyl (C=O) groups is 2. The molecular weight excluding hydrogens is 642 g/mol. The molecule has 264 valence electrons. The Morgan fingerprint density at radius 3 is 2.16 bits per heavy atom. The number of nitrogens with zero attached hydrogens (tertiary/aromatic N) is 1. The van der Waals surface area contributed by atoms with Crippen LogP contribution in [0.15, 0.2) is 115 Å². The van der Waals surface area contributed by atoms with Crippen LogP contribution in [0.1, 0.15) is 55.1 Å². The molecule has 2 atom stereocenters. The summed E-state index contributed by atoms with van der Waals surface area (Å²) in [6.07, 6.45) is 0.209. The molecule has 11 heteroatoms. The molecule has 0 saturated carbocycles. The summed E-state index contributed by atoms with van der Waals surface area (Å²) in [6, 6.07) is 28.7. The minimum absolute atomic E-state index is 0.138. The molecule has 0 radical (unpaired) electrons. The first-order valence-corrected chi connectivity index (χ1v) is 16.6. The number of nitrogens with one attached hydrogen (secondary N) is 1. The highest BCUT2D eigenvalue weighted by Gasteiger charge is 2.29. The van der Waals surface area contributed by atoms with Crippen LogP contribution in [0.3, 0.4) is 0 Å². The van der Waals surface area contributed by atoms with Gasteiger partial charge in [0.15, 0.2) is 0 Å². The second-order valence-corrected chi connectivity index (χ2v) is 12.0. The first-order valence-electron chi connectivity index (χ1n) is 15.9. The van der Waals surface area contributed by atoms with Crippen LogP contribution < -0.4 is 22.5 Å². The molecule has 49 heavy (non-hydrogen) atoms. The van der Waals surface area contributed by atoms with E-state index in [4.69, 9.17) is 21.1 Å². The van der Waals surface area contributed by atoms with E-state index in [-0.39, 0.29) is 23.9 Å². The SMILES string of the molecule is C=C.CC.CC(C)CN(CC(OO)C(Cc1ccccc1)c1cccc(C(=O)Nc2ccc(F)cc2N)c1)Sc1ccc(N)cc1.NC=O. The zero-order valence-corrected chi connectivity index (χ0v) is 29.5. The van der Waals surface area contributed by atoms with Gasteiger partial charge in [0.25, 0.3) is 5.91 Å². The Labute approximate surface area is 294 Å². The molecular formula is C38H50FN5O4S. The monoisotopic (exact) mass is 691 g/mol. The fourth-order valence-electron chi connectivity index (χ4n) is 4.75. The molecule has 4 aromatic carbocycles. The van der Waals surface area contributed by atoms with Gasteiger partial charge in [-0.2, -0.15) is 0 Å². The highest BCUT2D eigenvalue weighted by atomic mass is 32.2. The second kappa shape index (κ2) is 23.6. The second-order valence-electron chi connectivity index (χ2n) is 10.8. The fourth-order valence-corrected chi connectivity index (χ4v) is 5.90. The summed E-state index contributed by atoms with van der Waals surface area (Å²) < 4.78 is 15.7. The van der Waals surface area contributed by atoms with E-state index in [2.05, 4.69) is 42.4 Å². The zero-order chi connectivity index (χ0) is 36.8. The van der Waals surface area contributed by atoms with Gasteiger partial charge in [-0.15, -0.1) is 13.2 Å². The van der Waals surface area contributed by atoms with Gasteiger partial charge in [-0.1, -0.05) is 70.2 Å². The predicted molar refractivity (Wildman–Crippen MR) is 202 cm³/mol. The third-order valence-electron chi connectivity index (χ3n) is 6.79. The first-order chi connectivity index (χ1) is 23.6. The molecule has 2 amide bonds.